The topological polar surface area (TPSA) is 58.6 Å². The van der Waals surface area contributed by atoms with Crippen molar-refractivity contribution in [2.75, 3.05) is 0 Å². The Morgan fingerprint density at radius 1 is 1.54 bits per heavy atom. The Morgan fingerprint density at radius 2 is 2.31 bits per heavy atom. The van der Waals surface area contributed by atoms with Crippen LogP contribution in [-0.4, -0.2) is 11.3 Å². The molecule has 0 atom stereocenters. The average molecular weight is 176 g/mol. The maximum atomic E-state index is 9.66. The second-order valence-electron chi connectivity index (χ2n) is 2.63. The van der Waals surface area contributed by atoms with Gasteiger partial charge in [0.05, 0.1) is 6.21 Å². The summed E-state index contributed by atoms with van der Waals surface area (Å²) in [6.45, 7) is 3.60. The fraction of sp³-hybridized carbons (Fsp3) is 0.100. The molecule has 0 aliphatic rings. The van der Waals surface area contributed by atoms with Crippen LogP contribution >= 0.6 is 0 Å². The van der Waals surface area contributed by atoms with E-state index in [-0.39, 0.29) is 5.75 Å². The van der Waals surface area contributed by atoms with Gasteiger partial charge in [-0.1, -0.05) is 18.2 Å². The summed E-state index contributed by atoms with van der Waals surface area (Å²) in [6, 6.07) is 5.43. The first kappa shape index (κ1) is 9.32. The van der Waals surface area contributed by atoms with Crippen LogP contribution in [0.3, 0.4) is 0 Å². The molecule has 0 saturated heterocycles. The van der Waals surface area contributed by atoms with Gasteiger partial charge in [-0.25, -0.2) is 0 Å². The number of aromatic hydroxyl groups is 1. The van der Waals surface area contributed by atoms with Gasteiger partial charge in [-0.15, -0.1) is 6.58 Å². The maximum absolute atomic E-state index is 9.66. The van der Waals surface area contributed by atoms with Gasteiger partial charge in [-0.2, -0.15) is 5.10 Å². The van der Waals surface area contributed by atoms with Crippen LogP contribution in [0.2, 0.25) is 0 Å². The van der Waals surface area contributed by atoms with Crippen LogP contribution in [0.25, 0.3) is 0 Å². The van der Waals surface area contributed by atoms with Crippen molar-refractivity contribution in [1.29, 1.82) is 0 Å². The minimum Gasteiger partial charge on any atom is -0.507 e. The first-order valence-electron chi connectivity index (χ1n) is 3.94. The van der Waals surface area contributed by atoms with E-state index in [1.165, 1.54) is 6.21 Å². The van der Waals surface area contributed by atoms with Crippen molar-refractivity contribution >= 4 is 6.21 Å². The van der Waals surface area contributed by atoms with Gasteiger partial charge in [0, 0.05) is 5.56 Å². The van der Waals surface area contributed by atoms with E-state index in [9.17, 15) is 5.11 Å². The van der Waals surface area contributed by atoms with Crippen LogP contribution in [-0.2, 0) is 6.42 Å². The molecular formula is C10H12N2O. The highest BCUT2D eigenvalue weighted by molar-refractivity contribution is 5.83. The number of phenolic OH excluding ortho intramolecular Hbond substituents is 1. The Kier molecular flexibility index (Phi) is 3.09. The molecule has 0 aromatic heterocycles. The molecule has 0 saturated carbocycles. The fourth-order valence-electron chi connectivity index (χ4n) is 1.12. The van der Waals surface area contributed by atoms with Crippen LogP contribution in [0.4, 0.5) is 0 Å². The van der Waals surface area contributed by atoms with E-state index in [0.29, 0.717) is 12.0 Å². The SMILES string of the molecule is C=CCc1cccc(C=NN)c1O. The van der Waals surface area contributed by atoms with Gasteiger partial charge in [0.1, 0.15) is 5.75 Å². The maximum Gasteiger partial charge on any atom is 0.127 e. The monoisotopic (exact) mass is 176 g/mol. The van der Waals surface area contributed by atoms with Gasteiger partial charge in [0.25, 0.3) is 0 Å². The zero-order chi connectivity index (χ0) is 9.68. The molecule has 1 aromatic rings. The number of rotatable bonds is 3. The normalized spacial score (nSPS) is 10.5. The molecule has 1 rings (SSSR count). The largest absolute Gasteiger partial charge is 0.507 e. The zero-order valence-corrected chi connectivity index (χ0v) is 7.27. The van der Waals surface area contributed by atoms with E-state index >= 15 is 0 Å². The molecule has 3 heteroatoms. The molecule has 1 aromatic carbocycles. The summed E-state index contributed by atoms with van der Waals surface area (Å²) in [4.78, 5) is 0. The number of benzene rings is 1. The van der Waals surface area contributed by atoms with Crippen LogP contribution < -0.4 is 5.84 Å². The second kappa shape index (κ2) is 4.30. The molecule has 0 radical (unpaired) electrons. The summed E-state index contributed by atoms with van der Waals surface area (Å²) in [5.74, 6) is 5.21. The zero-order valence-electron chi connectivity index (χ0n) is 7.27. The molecule has 68 valence electrons. The highest BCUT2D eigenvalue weighted by Crippen LogP contribution is 2.21. The quantitative estimate of drug-likeness (QED) is 0.316. The molecule has 3 nitrogen and oxygen atoms in total. The van der Waals surface area contributed by atoms with E-state index in [4.69, 9.17) is 5.84 Å². The van der Waals surface area contributed by atoms with Crippen molar-refractivity contribution < 1.29 is 5.11 Å². The number of nitrogens with zero attached hydrogens (tertiary/aromatic N) is 1. The number of para-hydroxylation sites is 1. The third-order valence-corrected chi connectivity index (χ3v) is 1.73. The third kappa shape index (κ3) is 2.08. The standard InChI is InChI=1S/C10H12N2O/c1-2-4-8-5-3-6-9(7-12-11)10(8)13/h2-3,5-7,13H,1,4,11H2. The van der Waals surface area contributed by atoms with Gasteiger partial charge in [-0.05, 0) is 18.1 Å². The fourth-order valence-corrected chi connectivity index (χ4v) is 1.12. The number of hydrazone groups is 1. The van der Waals surface area contributed by atoms with Crippen molar-refractivity contribution in [2.24, 2.45) is 10.9 Å². The van der Waals surface area contributed by atoms with Gasteiger partial charge in [0.15, 0.2) is 0 Å². The predicted molar refractivity (Wildman–Crippen MR) is 53.8 cm³/mol. The Morgan fingerprint density at radius 3 is 2.92 bits per heavy atom. The molecule has 0 unspecified atom stereocenters. The summed E-state index contributed by atoms with van der Waals surface area (Å²) in [5, 5.41) is 13.0. The molecular weight excluding hydrogens is 164 g/mol. The van der Waals surface area contributed by atoms with Gasteiger partial charge in [0.2, 0.25) is 0 Å². The number of hydrogen-bond donors (Lipinski definition) is 2. The van der Waals surface area contributed by atoms with Crippen LogP contribution in [0, 0.1) is 0 Å². The first-order chi connectivity index (χ1) is 6.29. The summed E-state index contributed by atoms with van der Waals surface area (Å²) in [5.41, 5.74) is 1.45. The van der Waals surface area contributed by atoms with Crippen LogP contribution in [0.15, 0.2) is 36.0 Å². The summed E-state index contributed by atoms with van der Waals surface area (Å²) < 4.78 is 0. The van der Waals surface area contributed by atoms with Crippen molar-refractivity contribution in [2.45, 2.75) is 6.42 Å². The number of hydrogen-bond acceptors (Lipinski definition) is 3. The summed E-state index contributed by atoms with van der Waals surface area (Å²) in [6.07, 6.45) is 3.79. The number of allylic oxidation sites excluding steroid dienone is 1. The lowest BCUT2D eigenvalue weighted by molar-refractivity contribution is 0.469. The smallest absolute Gasteiger partial charge is 0.127 e. The molecule has 0 aliphatic carbocycles. The molecule has 0 fully saturated rings. The molecule has 0 spiro atoms. The van der Waals surface area contributed by atoms with Crippen molar-refractivity contribution in [1.82, 2.24) is 0 Å². The lowest BCUT2D eigenvalue weighted by atomic mass is 10.1. The summed E-state index contributed by atoms with van der Waals surface area (Å²) >= 11 is 0. The minimum absolute atomic E-state index is 0.219. The Labute approximate surface area is 77.2 Å². The first-order valence-corrected chi connectivity index (χ1v) is 3.94. The van der Waals surface area contributed by atoms with E-state index < -0.39 is 0 Å². The van der Waals surface area contributed by atoms with Crippen LogP contribution in [0.5, 0.6) is 5.75 Å². The molecule has 0 heterocycles. The predicted octanol–water partition coefficient (Wildman–Crippen LogP) is 1.41. The van der Waals surface area contributed by atoms with Gasteiger partial charge < -0.3 is 10.9 Å². The number of nitrogens with two attached hydrogens (primary N) is 1. The van der Waals surface area contributed by atoms with Crippen LogP contribution in [0.1, 0.15) is 11.1 Å². The van der Waals surface area contributed by atoms with E-state index in [1.807, 2.05) is 12.1 Å². The molecule has 0 amide bonds. The van der Waals surface area contributed by atoms with Crippen molar-refractivity contribution in [3.8, 4) is 5.75 Å². The lowest BCUT2D eigenvalue weighted by Crippen LogP contribution is -1.90. The minimum atomic E-state index is 0.219. The van der Waals surface area contributed by atoms with Crippen molar-refractivity contribution in [3.63, 3.8) is 0 Å². The highest BCUT2D eigenvalue weighted by Gasteiger charge is 2.02. The third-order valence-electron chi connectivity index (χ3n) is 1.73. The highest BCUT2D eigenvalue weighted by atomic mass is 16.3. The Hall–Kier alpha value is -1.77. The Bertz CT molecular complexity index is 332. The van der Waals surface area contributed by atoms with E-state index in [2.05, 4.69) is 11.7 Å². The summed E-state index contributed by atoms with van der Waals surface area (Å²) in [7, 11) is 0. The molecule has 13 heavy (non-hydrogen) atoms. The van der Waals surface area contributed by atoms with E-state index in [1.54, 1.807) is 12.1 Å². The Balaban J connectivity index is 3.09. The average Bonchev–Trinajstić information content (AvgIpc) is 2.13. The van der Waals surface area contributed by atoms with Crippen molar-refractivity contribution in [3.05, 3.63) is 42.0 Å². The second-order valence-corrected chi connectivity index (χ2v) is 2.63. The molecule has 0 aliphatic heterocycles. The lowest BCUT2D eigenvalue weighted by Gasteiger charge is -2.03. The van der Waals surface area contributed by atoms with E-state index in [0.717, 1.165) is 5.56 Å². The number of phenols is 1. The van der Waals surface area contributed by atoms with Gasteiger partial charge >= 0.3 is 0 Å². The molecule has 0 bridgehead atoms. The molecule has 3 N–H and O–H groups in total. The van der Waals surface area contributed by atoms with Gasteiger partial charge in [-0.3, -0.25) is 0 Å².